The number of anilines is 2. The molecule has 4 nitrogen and oxygen atoms in total. The summed E-state index contributed by atoms with van der Waals surface area (Å²) in [6.45, 7) is 4.22. The fraction of sp³-hybridized carbons (Fsp3) is 0.750. The second kappa shape index (κ2) is 7.74. The van der Waals surface area contributed by atoms with Crippen LogP contribution in [0.4, 0.5) is 11.5 Å². The molecule has 1 saturated carbocycles. The Bertz CT molecular complexity index is 346. The Morgan fingerprint density at radius 2 is 1.89 bits per heavy atom. The van der Waals surface area contributed by atoms with E-state index in [0.717, 1.165) is 11.5 Å². The molecule has 0 radical (unpaired) electrons. The average molecular weight is 295 g/mol. The summed E-state index contributed by atoms with van der Waals surface area (Å²) in [5.74, 6) is 0.862. The van der Waals surface area contributed by atoms with Gasteiger partial charge in [0, 0.05) is 12.1 Å². The van der Waals surface area contributed by atoms with Crippen LogP contribution >= 0.6 is 24.8 Å². The van der Waals surface area contributed by atoms with Gasteiger partial charge in [-0.05, 0) is 26.7 Å². The monoisotopic (exact) mass is 294 g/mol. The molecule has 0 aromatic carbocycles. The fourth-order valence-electron chi connectivity index (χ4n) is 2.22. The van der Waals surface area contributed by atoms with Gasteiger partial charge in [0.25, 0.3) is 0 Å². The molecular formula is C12H24Cl2N4. The van der Waals surface area contributed by atoms with Gasteiger partial charge in [-0.15, -0.1) is 24.8 Å². The van der Waals surface area contributed by atoms with E-state index in [0.29, 0.717) is 12.1 Å². The lowest BCUT2D eigenvalue weighted by Gasteiger charge is -2.22. The molecule has 106 valence electrons. The lowest BCUT2D eigenvalue weighted by molar-refractivity contribution is 0.460. The average Bonchev–Trinajstić information content (AvgIpc) is 2.62. The second-order valence-corrected chi connectivity index (χ2v) is 4.99. The minimum Gasteiger partial charge on any atom is -0.394 e. The SMILES string of the molecule is CC(C)n1cc(N)c(NC2CCCCC2)n1.Cl.Cl. The molecular weight excluding hydrogens is 271 g/mol. The number of hydrogen-bond donors (Lipinski definition) is 2. The zero-order valence-corrected chi connectivity index (χ0v) is 12.7. The molecule has 1 fully saturated rings. The first-order valence-electron chi connectivity index (χ1n) is 6.28. The third kappa shape index (κ3) is 4.25. The molecule has 1 aliphatic rings. The van der Waals surface area contributed by atoms with Gasteiger partial charge in [-0.25, -0.2) is 0 Å². The second-order valence-electron chi connectivity index (χ2n) is 4.99. The van der Waals surface area contributed by atoms with E-state index < -0.39 is 0 Å². The van der Waals surface area contributed by atoms with E-state index in [-0.39, 0.29) is 24.8 Å². The molecule has 18 heavy (non-hydrogen) atoms. The smallest absolute Gasteiger partial charge is 0.171 e. The van der Waals surface area contributed by atoms with Crippen LogP contribution in [0.25, 0.3) is 0 Å². The largest absolute Gasteiger partial charge is 0.394 e. The molecule has 1 aliphatic carbocycles. The minimum absolute atomic E-state index is 0. The summed E-state index contributed by atoms with van der Waals surface area (Å²) < 4.78 is 1.92. The molecule has 3 N–H and O–H groups in total. The number of hydrogen-bond acceptors (Lipinski definition) is 3. The lowest BCUT2D eigenvalue weighted by Crippen LogP contribution is -2.23. The van der Waals surface area contributed by atoms with E-state index in [1.807, 2.05) is 10.9 Å². The third-order valence-electron chi connectivity index (χ3n) is 3.24. The molecule has 0 unspecified atom stereocenters. The van der Waals surface area contributed by atoms with Crippen LogP contribution in [0.3, 0.4) is 0 Å². The molecule has 0 bridgehead atoms. The lowest BCUT2D eigenvalue weighted by atomic mass is 9.95. The Hall–Kier alpha value is -0.610. The standard InChI is InChI=1S/C12H22N4.2ClH/c1-9(2)16-8-11(13)12(15-16)14-10-6-4-3-5-7-10;;/h8-10H,3-7,13H2,1-2H3,(H,14,15);2*1H. The van der Waals surface area contributed by atoms with E-state index in [1.54, 1.807) is 0 Å². The number of aromatic nitrogens is 2. The molecule has 0 amide bonds. The van der Waals surface area contributed by atoms with Gasteiger partial charge in [0.2, 0.25) is 0 Å². The molecule has 1 heterocycles. The molecule has 1 aromatic rings. The van der Waals surface area contributed by atoms with Gasteiger partial charge < -0.3 is 11.1 Å². The summed E-state index contributed by atoms with van der Waals surface area (Å²) in [5, 5.41) is 7.95. The minimum atomic E-state index is 0. The van der Waals surface area contributed by atoms with Crippen LogP contribution in [-0.4, -0.2) is 15.8 Å². The Morgan fingerprint density at radius 1 is 1.28 bits per heavy atom. The van der Waals surface area contributed by atoms with Gasteiger partial charge in [0.05, 0.1) is 11.9 Å². The maximum atomic E-state index is 5.95. The van der Waals surface area contributed by atoms with Crippen LogP contribution in [0.1, 0.15) is 52.0 Å². The normalized spacial score (nSPS) is 15.9. The number of halogens is 2. The van der Waals surface area contributed by atoms with E-state index in [4.69, 9.17) is 5.73 Å². The highest BCUT2D eigenvalue weighted by Gasteiger charge is 2.16. The van der Waals surface area contributed by atoms with Crippen molar-refractivity contribution in [3.8, 4) is 0 Å². The van der Waals surface area contributed by atoms with Crippen LogP contribution < -0.4 is 11.1 Å². The number of nitrogens with two attached hydrogens (primary N) is 1. The van der Waals surface area contributed by atoms with Crippen molar-refractivity contribution >= 4 is 36.3 Å². The zero-order chi connectivity index (χ0) is 11.5. The molecule has 0 aliphatic heterocycles. The van der Waals surface area contributed by atoms with Crippen LogP contribution in [0.15, 0.2) is 6.20 Å². The van der Waals surface area contributed by atoms with Crippen LogP contribution in [-0.2, 0) is 0 Å². The van der Waals surface area contributed by atoms with E-state index in [1.165, 1.54) is 32.1 Å². The third-order valence-corrected chi connectivity index (χ3v) is 3.24. The van der Waals surface area contributed by atoms with Crippen LogP contribution in [0.2, 0.25) is 0 Å². The Balaban J connectivity index is 0.00000144. The number of nitrogens with one attached hydrogen (secondary N) is 1. The molecule has 1 aromatic heterocycles. The number of rotatable bonds is 3. The maximum absolute atomic E-state index is 5.95. The topological polar surface area (TPSA) is 55.9 Å². The van der Waals surface area contributed by atoms with Gasteiger partial charge in [-0.2, -0.15) is 5.10 Å². The van der Waals surface area contributed by atoms with Crippen molar-refractivity contribution < 1.29 is 0 Å². The highest BCUT2D eigenvalue weighted by atomic mass is 35.5. The van der Waals surface area contributed by atoms with Crippen molar-refractivity contribution in [1.29, 1.82) is 0 Å². The van der Waals surface area contributed by atoms with Crippen molar-refractivity contribution in [2.24, 2.45) is 0 Å². The van der Waals surface area contributed by atoms with Crippen molar-refractivity contribution in [3.05, 3.63) is 6.20 Å². The first-order valence-corrected chi connectivity index (χ1v) is 6.28. The van der Waals surface area contributed by atoms with Crippen molar-refractivity contribution in [1.82, 2.24) is 9.78 Å². The Labute approximate surface area is 122 Å². The first-order chi connectivity index (χ1) is 7.66. The zero-order valence-electron chi connectivity index (χ0n) is 11.1. The molecule has 2 rings (SSSR count). The number of nitrogen functional groups attached to an aromatic ring is 1. The van der Waals surface area contributed by atoms with E-state index >= 15 is 0 Å². The van der Waals surface area contributed by atoms with Crippen LogP contribution in [0.5, 0.6) is 0 Å². The van der Waals surface area contributed by atoms with Crippen LogP contribution in [0, 0.1) is 0 Å². The summed E-state index contributed by atoms with van der Waals surface area (Å²) in [5.41, 5.74) is 6.71. The van der Waals surface area contributed by atoms with Crippen molar-refractivity contribution in [2.45, 2.75) is 58.0 Å². The summed E-state index contributed by atoms with van der Waals surface area (Å²) in [6.07, 6.45) is 8.41. The number of nitrogens with zero attached hydrogens (tertiary/aromatic N) is 2. The van der Waals surface area contributed by atoms with Gasteiger partial charge >= 0.3 is 0 Å². The molecule has 6 heteroatoms. The molecule has 0 atom stereocenters. The highest BCUT2D eigenvalue weighted by molar-refractivity contribution is 5.85. The fourth-order valence-corrected chi connectivity index (χ4v) is 2.22. The summed E-state index contributed by atoms with van der Waals surface area (Å²) in [6, 6.07) is 0.927. The van der Waals surface area contributed by atoms with Crippen molar-refractivity contribution in [3.63, 3.8) is 0 Å². The summed E-state index contributed by atoms with van der Waals surface area (Å²) >= 11 is 0. The van der Waals surface area contributed by atoms with Gasteiger partial charge in [0.1, 0.15) is 0 Å². The quantitative estimate of drug-likeness (QED) is 0.895. The molecule has 0 spiro atoms. The van der Waals surface area contributed by atoms with Crippen molar-refractivity contribution in [2.75, 3.05) is 11.1 Å². The highest BCUT2D eigenvalue weighted by Crippen LogP contribution is 2.24. The summed E-state index contributed by atoms with van der Waals surface area (Å²) in [7, 11) is 0. The van der Waals surface area contributed by atoms with E-state index in [9.17, 15) is 0 Å². The van der Waals surface area contributed by atoms with E-state index in [2.05, 4.69) is 24.3 Å². The summed E-state index contributed by atoms with van der Waals surface area (Å²) in [4.78, 5) is 0. The molecule has 0 saturated heterocycles. The maximum Gasteiger partial charge on any atom is 0.171 e. The Morgan fingerprint density at radius 3 is 2.39 bits per heavy atom. The first kappa shape index (κ1) is 17.4. The van der Waals surface area contributed by atoms with Gasteiger partial charge in [0.15, 0.2) is 5.82 Å². The predicted molar refractivity (Wildman–Crippen MR) is 82.0 cm³/mol. The predicted octanol–water partition coefficient (Wildman–Crippen LogP) is 3.63. The van der Waals surface area contributed by atoms with Gasteiger partial charge in [-0.3, -0.25) is 4.68 Å². The Kier molecular flexibility index (Phi) is 7.48. The van der Waals surface area contributed by atoms with Gasteiger partial charge in [-0.1, -0.05) is 19.3 Å².